The van der Waals surface area contributed by atoms with Gasteiger partial charge in [0.15, 0.2) is 6.10 Å². The number of benzene rings is 1. The van der Waals surface area contributed by atoms with E-state index >= 15 is 0 Å². The molecule has 6 heteroatoms. The molecule has 0 bridgehead atoms. The quantitative estimate of drug-likeness (QED) is 0.890. The maximum absolute atomic E-state index is 12.5. The molecule has 1 aliphatic heterocycles. The van der Waals surface area contributed by atoms with E-state index in [0.717, 1.165) is 5.56 Å². The Kier molecular flexibility index (Phi) is 5.60. The fraction of sp³-hybridized carbons (Fsp3) is 0.529. The summed E-state index contributed by atoms with van der Waals surface area (Å²) in [5.74, 6) is 0.567. The molecular formula is C17H25N3O3. The molecule has 0 radical (unpaired) electrons. The van der Waals surface area contributed by atoms with Gasteiger partial charge in [-0.15, -0.1) is 0 Å². The molecule has 2 rings (SSSR count). The first-order valence-corrected chi connectivity index (χ1v) is 7.95. The number of amides is 2. The van der Waals surface area contributed by atoms with Crippen LogP contribution < -0.4 is 10.5 Å². The molecule has 2 atom stereocenters. The van der Waals surface area contributed by atoms with Gasteiger partial charge in [-0.1, -0.05) is 12.1 Å². The second-order valence-electron chi connectivity index (χ2n) is 6.02. The van der Waals surface area contributed by atoms with Gasteiger partial charge in [-0.3, -0.25) is 9.59 Å². The molecule has 1 heterocycles. The number of aryl methyl sites for hydroxylation is 1. The average molecular weight is 319 g/mol. The molecule has 1 fully saturated rings. The van der Waals surface area contributed by atoms with Crippen LogP contribution in [0.3, 0.4) is 0 Å². The van der Waals surface area contributed by atoms with Crippen LogP contribution in [0.25, 0.3) is 0 Å². The molecule has 126 valence electrons. The topological polar surface area (TPSA) is 75.9 Å². The number of hydrogen-bond acceptors (Lipinski definition) is 4. The molecular weight excluding hydrogens is 294 g/mol. The third-order valence-electron chi connectivity index (χ3n) is 3.94. The Hall–Kier alpha value is -2.08. The number of carbonyl (C=O) groups is 2. The number of nitrogens with zero attached hydrogens (tertiary/aromatic N) is 2. The van der Waals surface area contributed by atoms with Gasteiger partial charge in [-0.05, 0) is 38.5 Å². The minimum absolute atomic E-state index is 0.0561. The molecule has 0 aliphatic carbocycles. The highest BCUT2D eigenvalue weighted by Crippen LogP contribution is 2.15. The summed E-state index contributed by atoms with van der Waals surface area (Å²) >= 11 is 0. The molecule has 1 aromatic carbocycles. The van der Waals surface area contributed by atoms with Crippen molar-refractivity contribution in [3.63, 3.8) is 0 Å². The van der Waals surface area contributed by atoms with Crippen LogP contribution >= 0.6 is 0 Å². The lowest BCUT2D eigenvalue weighted by molar-refractivity contribution is -0.144. The molecule has 1 aliphatic rings. The number of rotatable bonds is 4. The molecule has 1 aromatic rings. The number of hydrogen-bond donors (Lipinski definition) is 1. The SMILES string of the molecule is Cc1cccc(OC(C)C(=O)N2CCN(C(=O)[C@@H](C)N)CC2)c1. The third kappa shape index (κ3) is 4.45. The van der Waals surface area contributed by atoms with E-state index in [9.17, 15) is 9.59 Å². The summed E-state index contributed by atoms with van der Waals surface area (Å²) in [5, 5.41) is 0. The Bertz CT molecular complexity index is 566. The van der Waals surface area contributed by atoms with E-state index < -0.39 is 12.1 Å². The van der Waals surface area contributed by atoms with Crippen LogP contribution in [0.4, 0.5) is 0 Å². The van der Waals surface area contributed by atoms with Crippen LogP contribution in [0.2, 0.25) is 0 Å². The normalized spacial score (nSPS) is 17.6. The van der Waals surface area contributed by atoms with Gasteiger partial charge in [0.25, 0.3) is 5.91 Å². The van der Waals surface area contributed by atoms with Crippen LogP contribution in [0.15, 0.2) is 24.3 Å². The van der Waals surface area contributed by atoms with Gasteiger partial charge in [0.1, 0.15) is 5.75 Å². The van der Waals surface area contributed by atoms with E-state index in [2.05, 4.69) is 0 Å². The Morgan fingerprint density at radius 3 is 2.17 bits per heavy atom. The van der Waals surface area contributed by atoms with Crippen LogP contribution in [0.1, 0.15) is 19.4 Å². The Labute approximate surface area is 137 Å². The van der Waals surface area contributed by atoms with Crippen molar-refractivity contribution in [2.24, 2.45) is 5.73 Å². The van der Waals surface area contributed by atoms with Crippen molar-refractivity contribution in [3.8, 4) is 5.75 Å². The summed E-state index contributed by atoms with van der Waals surface area (Å²) in [4.78, 5) is 27.8. The molecule has 0 aromatic heterocycles. The lowest BCUT2D eigenvalue weighted by Gasteiger charge is -2.36. The van der Waals surface area contributed by atoms with Gasteiger partial charge in [-0.25, -0.2) is 0 Å². The largest absolute Gasteiger partial charge is 0.481 e. The van der Waals surface area contributed by atoms with Crippen LogP contribution in [-0.4, -0.2) is 59.9 Å². The highest BCUT2D eigenvalue weighted by molar-refractivity contribution is 5.83. The Balaban J connectivity index is 1.88. The van der Waals surface area contributed by atoms with Crippen molar-refractivity contribution in [2.45, 2.75) is 32.9 Å². The van der Waals surface area contributed by atoms with Crippen molar-refractivity contribution in [1.29, 1.82) is 0 Å². The van der Waals surface area contributed by atoms with E-state index in [4.69, 9.17) is 10.5 Å². The maximum Gasteiger partial charge on any atom is 0.263 e. The zero-order valence-electron chi connectivity index (χ0n) is 14.0. The number of nitrogens with two attached hydrogens (primary N) is 1. The summed E-state index contributed by atoms with van der Waals surface area (Å²) in [6.45, 7) is 7.47. The average Bonchev–Trinajstić information content (AvgIpc) is 2.53. The second-order valence-corrected chi connectivity index (χ2v) is 6.02. The predicted octanol–water partition coefficient (Wildman–Crippen LogP) is 0.780. The fourth-order valence-electron chi connectivity index (χ4n) is 2.64. The fourth-order valence-corrected chi connectivity index (χ4v) is 2.64. The van der Waals surface area contributed by atoms with Gasteiger partial charge in [0.2, 0.25) is 5.91 Å². The smallest absolute Gasteiger partial charge is 0.263 e. The molecule has 0 saturated carbocycles. The first-order chi connectivity index (χ1) is 10.9. The Morgan fingerprint density at radius 1 is 1.09 bits per heavy atom. The Morgan fingerprint density at radius 2 is 1.65 bits per heavy atom. The summed E-state index contributed by atoms with van der Waals surface area (Å²) < 4.78 is 5.73. The summed E-state index contributed by atoms with van der Waals surface area (Å²) in [6, 6.07) is 7.13. The zero-order valence-corrected chi connectivity index (χ0v) is 14.0. The van der Waals surface area contributed by atoms with E-state index in [1.807, 2.05) is 31.2 Å². The highest BCUT2D eigenvalue weighted by Gasteiger charge is 2.28. The van der Waals surface area contributed by atoms with Crippen molar-refractivity contribution >= 4 is 11.8 Å². The zero-order chi connectivity index (χ0) is 17.0. The number of piperazine rings is 1. The summed E-state index contributed by atoms with van der Waals surface area (Å²) in [6.07, 6.45) is -0.549. The van der Waals surface area contributed by atoms with Crippen molar-refractivity contribution in [3.05, 3.63) is 29.8 Å². The van der Waals surface area contributed by atoms with Crippen LogP contribution in [-0.2, 0) is 9.59 Å². The van der Waals surface area contributed by atoms with E-state index in [1.165, 1.54) is 0 Å². The second kappa shape index (κ2) is 7.46. The number of carbonyl (C=O) groups excluding carboxylic acids is 2. The van der Waals surface area contributed by atoms with E-state index in [1.54, 1.807) is 23.6 Å². The van der Waals surface area contributed by atoms with Crippen molar-refractivity contribution in [1.82, 2.24) is 9.80 Å². The highest BCUT2D eigenvalue weighted by atomic mass is 16.5. The molecule has 6 nitrogen and oxygen atoms in total. The molecule has 2 amide bonds. The lowest BCUT2D eigenvalue weighted by Crippen LogP contribution is -2.55. The maximum atomic E-state index is 12.5. The van der Waals surface area contributed by atoms with Gasteiger partial charge < -0.3 is 20.3 Å². The van der Waals surface area contributed by atoms with Gasteiger partial charge in [0, 0.05) is 26.2 Å². The van der Waals surface area contributed by atoms with E-state index in [0.29, 0.717) is 31.9 Å². The van der Waals surface area contributed by atoms with Crippen LogP contribution in [0, 0.1) is 6.92 Å². The monoisotopic (exact) mass is 319 g/mol. The van der Waals surface area contributed by atoms with Crippen LogP contribution in [0.5, 0.6) is 5.75 Å². The lowest BCUT2D eigenvalue weighted by atomic mass is 10.2. The standard InChI is InChI=1S/C17H25N3O3/c1-12-5-4-6-15(11-12)23-14(3)17(22)20-9-7-19(8-10-20)16(21)13(2)18/h4-6,11,13-14H,7-10,18H2,1-3H3/t13-,14?/m1/s1. The molecule has 23 heavy (non-hydrogen) atoms. The first kappa shape index (κ1) is 17.3. The van der Waals surface area contributed by atoms with Crippen molar-refractivity contribution < 1.29 is 14.3 Å². The summed E-state index contributed by atoms with van der Waals surface area (Å²) in [5.41, 5.74) is 6.70. The summed E-state index contributed by atoms with van der Waals surface area (Å²) in [7, 11) is 0. The third-order valence-corrected chi connectivity index (χ3v) is 3.94. The molecule has 2 N–H and O–H groups in total. The number of ether oxygens (including phenoxy) is 1. The molecule has 1 unspecified atom stereocenters. The van der Waals surface area contributed by atoms with Gasteiger partial charge in [-0.2, -0.15) is 0 Å². The van der Waals surface area contributed by atoms with Gasteiger partial charge in [0.05, 0.1) is 6.04 Å². The minimum atomic E-state index is -0.549. The predicted molar refractivity (Wildman–Crippen MR) is 88.1 cm³/mol. The van der Waals surface area contributed by atoms with Crippen molar-refractivity contribution in [2.75, 3.05) is 26.2 Å². The minimum Gasteiger partial charge on any atom is -0.481 e. The van der Waals surface area contributed by atoms with E-state index in [-0.39, 0.29) is 11.8 Å². The first-order valence-electron chi connectivity index (χ1n) is 7.95. The molecule has 0 spiro atoms. The molecule has 1 saturated heterocycles. The van der Waals surface area contributed by atoms with Gasteiger partial charge >= 0.3 is 0 Å².